The fourth-order valence-corrected chi connectivity index (χ4v) is 5.31. The lowest BCUT2D eigenvalue weighted by Gasteiger charge is -2.34. The van der Waals surface area contributed by atoms with Crippen LogP contribution in [0.15, 0.2) is 72.8 Å². The summed E-state index contributed by atoms with van der Waals surface area (Å²) >= 11 is 0. The molecular formula is C32H41N3O6S. The summed E-state index contributed by atoms with van der Waals surface area (Å²) in [5.41, 5.74) is 2.94. The molecule has 3 aromatic carbocycles. The van der Waals surface area contributed by atoms with Crippen molar-refractivity contribution in [2.45, 2.75) is 39.8 Å². The van der Waals surface area contributed by atoms with E-state index < -0.39 is 28.5 Å². The molecule has 0 unspecified atom stereocenters. The van der Waals surface area contributed by atoms with Gasteiger partial charge in [-0.3, -0.25) is 13.9 Å². The molecule has 3 aromatic rings. The van der Waals surface area contributed by atoms with E-state index in [0.717, 1.165) is 27.3 Å². The molecule has 42 heavy (non-hydrogen) atoms. The molecule has 1 atom stereocenters. The van der Waals surface area contributed by atoms with Crippen LogP contribution >= 0.6 is 0 Å². The summed E-state index contributed by atoms with van der Waals surface area (Å²) in [6, 6.07) is 20.9. The summed E-state index contributed by atoms with van der Waals surface area (Å²) < 4.78 is 37.9. The molecule has 0 heterocycles. The number of carbonyl (C=O) groups is 2. The lowest BCUT2D eigenvalue weighted by atomic mass is 10.0. The van der Waals surface area contributed by atoms with E-state index in [4.69, 9.17) is 9.47 Å². The molecule has 0 aromatic heterocycles. The van der Waals surface area contributed by atoms with Gasteiger partial charge in [0.05, 0.1) is 26.2 Å². The smallest absolute Gasteiger partial charge is 0.244 e. The zero-order valence-electron chi connectivity index (χ0n) is 25.2. The predicted octanol–water partition coefficient (Wildman–Crippen LogP) is 4.19. The number of carbonyl (C=O) groups excluding carboxylic acids is 2. The second-order valence-corrected chi connectivity index (χ2v) is 12.6. The van der Waals surface area contributed by atoms with Gasteiger partial charge in [0, 0.05) is 25.6 Å². The van der Waals surface area contributed by atoms with Gasteiger partial charge in [-0.2, -0.15) is 0 Å². The van der Waals surface area contributed by atoms with Gasteiger partial charge in [-0.05, 0) is 36.1 Å². The zero-order chi connectivity index (χ0) is 30.9. The van der Waals surface area contributed by atoms with Gasteiger partial charge in [0.25, 0.3) is 0 Å². The average Bonchev–Trinajstić information content (AvgIpc) is 2.96. The van der Waals surface area contributed by atoms with Crippen LogP contribution < -0.4 is 19.1 Å². The summed E-state index contributed by atoms with van der Waals surface area (Å²) in [7, 11) is -1.03. The molecule has 0 aliphatic rings. The number of hydrogen-bond acceptors (Lipinski definition) is 6. The highest BCUT2D eigenvalue weighted by atomic mass is 32.2. The summed E-state index contributed by atoms with van der Waals surface area (Å²) in [5, 5.41) is 2.98. The average molecular weight is 596 g/mol. The zero-order valence-corrected chi connectivity index (χ0v) is 26.0. The highest BCUT2D eigenvalue weighted by molar-refractivity contribution is 7.92. The number of hydrogen-bond donors (Lipinski definition) is 1. The first-order valence-electron chi connectivity index (χ1n) is 13.8. The topological polar surface area (TPSA) is 105 Å². The van der Waals surface area contributed by atoms with Gasteiger partial charge in [0.1, 0.15) is 24.1 Å². The second-order valence-electron chi connectivity index (χ2n) is 10.7. The maximum atomic E-state index is 14.2. The minimum Gasteiger partial charge on any atom is -0.497 e. The van der Waals surface area contributed by atoms with E-state index in [0.29, 0.717) is 12.3 Å². The van der Waals surface area contributed by atoms with E-state index in [1.165, 1.54) is 25.2 Å². The van der Waals surface area contributed by atoms with Crippen LogP contribution in [-0.4, -0.2) is 64.7 Å². The number of rotatable bonds is 14. The molecule has 10 heteroatoms. The fraction of sp³-hybridized carbons (Fsp3) is 0.375. The first-order chi connectivity index (χ1) is 19.9. The first kappa shape index (κ1) is 32.5. The molecular weight excluding hydrogens is 554 g/mol. The van der Waals surface area contributed by atoms with E-state index in [9.17, 15) is 18.0 Å². The second kappa shape index (κ2) is 14.7. The van der Waals surface area contributed by atoms with Crippen molar-refractivity contribution in [2.24, 2.45) is 5.92 Å². The third kappa shape index (κ3) is 8.97. The van der Waals surface area contributed by atoms with E-state index in [-0.39, 0.29) is 36.2 Å². The number of anilines is 1. The van der Waals surface area contributed by atoms with Gasteiger partial charge >= 0.3 is 0 Å². The normalized spacial score (nSPS) is 12.0. The quantitative estimate of drug-likeness (QED) is 0.300. The molecule has 0 saturated carbocycles. The molecule has 0 fully saturated rings. The molecule has 0 aliphatic heterocycles. The molecule has 0 bridgehead atoms. The number of nitrogens with zero attached hydrogens (tertiary/aromatic N) is 2. The van der Waals surface area contributed by atoms with Crippen molar-refractivity contribution in [1.29, 1.82) is 0 Å². The minimum absolute atomic E-state index is 0.114. The van der Waals surface area contributed by atoms with Crippen molar-refractivity contribution in [3.8, 4) is 11.5 Å². The fourth-order valence-electron chi connectivity index (χ4n) is 4.45. The van der Waals surface area contributed by atoms with Crippen molar-refractivity contribution in [3.05, 3.63) is 89.5 Å². The van der Waals surface area contributed by atoms with Gasteiger partial charge in [-0.25, -0.2) is 8.42 Å². The Bertz CT molecular complexity index is 1440. The van der Waals surface area contributed by atoms with Crippen LogP contribution in [0.5, 0.6) is 11.5 Å². The van der Waals surface area contributed by atoms with Crippen LogP contribution in [0.4, 0.5) is 5.69 Å². The van der Waals surface area contributed by atoms with E-state index in [2.05, 4.69) is 5.32 Å². The number of methoxy groups -OCH3 is 2. The van der Waals surface area contributed by atoms with E-state index in [1.807, 2.05) is 75.4 Å². The van der Waals surface area contributed by atoms with Gasteiger partial charge in [0.15, 0.2) is 0 Å². The first-order valence-corrected chi connectivity index (χ1v) is 15.6. The standard InChI is InChI=1S/C32H41N3O6S/c1-23(2)20-33-32(37)29(18-25-10-8-7-9-11-25)34(21-26-14-12-24(3)13-15-26)31(36)22-35(42(6,38)39)28-17-16-27(40-4)19-30(28)41-5/h7-17,19,23,29H,18,20-22H2,1-6H3,(H,33,37)/t29-/m0/s1. The van der Waals surface area contributed by atoms with Crippen LogP contribution in [0.2, 0.25) is 0 Å². The number of sulfonamides is 1. The third-order valence-corrected chi connectivity index (χ3v) is 7.89. The van der Waals surface area contributed by atoms with Crippen LogP contribution in [0.3, 0.4) is 0 Å². The third-order valence-electron chi connectivity index (χ3n) is 6.76. The monoisotopic (exact) mass is 595 g/mol. The van der Waals surface area contributed by atoms with Gasteiger partial charge < -0.3 is 19.7 Å². The van der Waals surface area contributed by atoms with Crippen LogP contribution in [0.1, 0.15) is 30.5 Å². The van der Waals surface area contributed by atoms with E-state index in [1.54, 1.807) is 12.1 Å². The van der Waals surface area contributed by atoms with Gasteiger partial charge in [-0.1, -0.05) is 74.0 Å². The highest BCUT2D eigenvalue weighted by Gasteiger charge is 2.33. The molecule has 0 saturated heterocycles. The SMILES string of the molecule is COc1ccc(N(CC(=O)N(Cc2ccc(C)cc2)[C@@H](Cc2ccccc2)C(=O)NCC(C)C)S(C)(=O)=O)c(OC)c1. The molecule has 226 valence electrons. The van der Waals surface area contributed by atoms with Crippen molar-refractivity contribution >= 4 is 27.5 Å². The molecule has 2 amide bonds. The van der Waals surface area contributed by atoms with Crippen molar-refractivity contribution in [3.63, 3.8) is 0 Å². The Morgan fingerprint density at radius 2 is 1.57 bits per heavy atom. The summed E-state index contributed by atoms with van der Waals surface area (Å²) in [6.07, 6.45) is 1.29. The Kier molecular flexibility index (Phi) is 11.4. The number of benzene rings is 3. The Balaban J connectivity index is 2.08. The highest BCUT2D eigenvalue weighted by Crippen LogP contribution is 2.33. The molecule has 0 spiro atoms. The van der Waals surface area contributed by atoms with Crippen LogP contribution in [-0.2, 0) is 32.6 Å². The summed E-state index contributed by atoms with van der Waals surface area (Å²) in [6.45, 7) is 5.98. The molecule has 1 N–H and O–H groups in total. The Hall–Kier alpha value is -4.05. The number of amides is 2. The molecule has 3 rings (SSSR count). The van der Waals surface area contributed by atoms with Crippen molar-refractivity contribution < 1.29 is 27.5 Å². The predicted molar refractivity (Wildman–Crippen MR) is 165 cm³/mol. The maximum absolute atomic E-state index is 14.2. The summed E-state index contributed by atoms with van der Waals surface area (Å²) in [5.74, 6) is 0.0746. The molecule has 0 aliphatic carbocycles. The number of aryl methyl sites for hydroxylation is 1. The Labute approximate surface area is 249 Å². The van der Waals surface area contributed by atoms with Crippen LogP contribution in [0.25, 0.3) is 0 Å². The molecule has 0 radical (unpaired) electrons. The van der Waals surface area contributed by atoms with Crippen molar-refractivity contribution in [1.82, 2.24) is 10.2 Å². The van der Waals surface area contributed by atoms with Crippen molar-refractivity contribution in [2.75, 3.05) is 37.9 Å². The molecule has 9 nitrogen and oxygen atoms in total. The van der Waals surface area contributed by atoms with E-state index >= 15 is 0 Å². The van der Waals surface area contributed by atoms with Gasteiger partial charge in [-0.15, -0.1) is 0 Å². The summed E-state index contributed by atoms with van der Waals surface area (Å²) in [4.78, 5) is 29.4. The Morgan fingerprint density at radius 1 is 0.905 bits per heavy atom. The van der Waals surface area contributed by atoms with Crippen LogP contribution in [0, 0.1) is 12.8 Å². The minimum atomic E-state index is -3.94. The lowest BCUT2D eigenvalue weighted by molar-refractivity contribution is -0.140. The number of nitrogens with one attached hydrogen (secondary N) is 1. The Morgan fingerprint density at radius 3 is 2.14 bits per heavy atom. The maximum Gasteiger partial charge on any atom is 0.244 e. The van der Waals surface area contributed by atoms with Gasteiger partial charge in [0.2, 0.25) is 21.8 Å². The largest absolute Gasteiger partial charge is 0.497 e. The lowest BCUT2D eigenvalue weighted by Crippen LogP contribution is -2.53. The number of ether oxygens (including phenoxy) is 2.